The van der Waals surface area contributed by atoms with E-state index in [0.717, 1.165) is 42.1 Å². The maximum Gasteiger partial charge on any atom is 0.271 e. The second kappa shape index (κ2) is 8.30. The Bertz CT molecular complexity index is 1230. The molecule has 0 spiro atoms. The van der Waals surface area contributed by atoms with Crippen LogP contribution in [-0.4, -0.2) is 21.2 Å². The van der Waals surface area contributed by atoms with Crippen LogP contribution in [0.5, 0.6) is 0 Å². The Labute approximate surface area is 186 Å². The highest BCUT2D eigenvalue weighted by Crippen LogP contribution is 2.35. The minimum atomic E-state index is -0.359. The van der Waals surface area contributed by atoms with Crippen LogP contribution in [0.25, 0.3) is 5.69 Å². The SMILES string of the molecule is Cc1ccc([N+](=O)[O-])cc1-n1nc(CC(c2ccccc2)c2ccccc2)c2c1NCC2. The van der Waals surface area contributed by atoms with Crippen molar-refractivity contribution in [2.45, 2.75) is 25.7 Å². The average Bonchev–Trinajstić information content (AvgIpc) is 3.42. The molecule has 6 heteroatoms. The third-order valence-corrected chi connectivity index (χ3v) is 6.17. The molecular weight excluding hydrogens is 400 g/mol. The topological polar surface area (TPSA) is 73.0 Å². The molecule has 0 fully saturated rings. The molecule has 0 saturated carbocycles. The number of aryl methyl sites for hydroxylation is 1. The zero-order chi connectivity index (χ0) is 22.1. The van der Waals surface area contributed by atoms with Gasteiger partial charge in [-0.15, -0.1) is 0 Å². The van der Waals surface area contributed by atoms with E-state index in [4.69, 9.17) is 5.10 Å². The standard InChI is InChI=1S/C26H24N4O2/c1-18-12-13-21(30(31)32)16-25(18)29-26-22(14-15-27-26)24(28-29)17-23(19-8-4-2-5-9-19)20-10-6-3-7-11-20/h2-13,16,23,27H,14-15,17H2,1H3. The number of nitrogens with one attached hydrogen (secondary N) is 1. The summed E-state index contributed by atoms with van der Waals surface area (Å²) in [6.07, 6.45) is 1.66. The van der Waals surface area contributed by atoms with Crippen LogP contribution in [0.3, 0.4) is 0 Å². The van der Waals surface area contributed by atoms with Gasteiger partial charge >= 0.3 is 0 Å². The number of anilines is 1. The van der Waals surface area contributed by atoms with Gasteiger partial charge in [-0.2, -0.15) is 5.10 Å². The van der Waals surface area contributed by atoms with Crippen LogP contribution in [-0.2, 0) is 12.8 Å². The lowest BCUT2D eigenvalue weighted by Gasteiger charge is -2.17. The Morgan fingerprint density at radius 1 is 1.03 bits per heavy atom. The third-order valence-electron chi connectivity index (χ3n) is 6.17. The van der Waals surface area contributed by atoms with E-state index in [2.05, 4.69) is 53.8 Å². The number of fused-ring (bicyclic) bond motifs is 1. The second-order valence-corrected chi connectivity index (χ2v) is 8.17. The van der Waals surface area contributed by atoms with Crippen LogP contribution in [0.15, 0.2) is 78.9 Å². The summed E-state index contributed by atoms with van der Waals surface area (Å²) in [5, 5.41) is 19.8. The number of rotatable bonds is 6. The lowest BCUT2D eigenvalue weighted by molar-refractivity contribution is -0.384. The summed E-state index contributed by atoms with van der Waals surface area (Å²) in [6, 6.07) is 25.9. The highest BCUT2D eigenvalue weighted by molar-refractivity contribution is 5.60. The zero-order valence-corrected chi connectivity index (χ0v) is 17.9. The normalized spacial score (nSPS) is 12.6. The van der Waals surface area contributed by atoms with Gasteiger partial charge in [0.2, 0.25) is 0 Å². The average molecular weight is 425 g/mol. The Morgan fingerprint density at radius 2 is 1.69 bits per heavy atom. The smallest absolute Gasteiger partial charge is 0.271 e. The minimum absolute atomic E-state index is 0.0702. The molecule has 2 heterocycles. The van der Waals surface area contributed by atoms with Gasteiger partial charge < -0.3 is 5.32 Å². The van der Waals surface area contributed by atoms with E-state index in [1.807, 2.05) is 23.7 Å². The van der Waals surface area contributed by atoms with Gasteiger partial charge in [-0.25, -0.2) is 4.68 Å². The maximum absolute atomic E-state index is 11.4. The quantitative estimate of drug-likeness (QED) is 0.331. The van der Waals surface area contributed by atoms with Crippen molar-refractivity contribution < 1.29 is 4.92 Å². The van der Waals surface area contributed by atoms with Crippen LogP contribution >= 0.6 is 0 Å². The van der Waals surface area contributed by atoms with Crippen LogP contribution in [0.4, 0.5) is 11.5 Å². The second-order valence-electron chi connectivity index (χ2n) is 8.17. The molecule has 0 aliphatic carbocycles. The zero-order valence-electron chi connectivity index (χ0n) is 17.9. The van der Waals surface area contributed by atoms with Crippen molar-refractivity contribution >= 4 is 11.5 Å². The van der Waals surface area contributed by atoms with Gasteiger partial charge in [0.25, 0.3) is 5.69 Å². The molecule has 1 aromatic heterocycles. The van der Waals surface area contributed by atoms with Gasteiger partial charge in [0.1, 0.15) is 5.82 Å². The van der Waals surface area contributed by atoms with Crippen LogP contribution in [0.1, 0.15) is 33.9 Å². The Hall–Kier alpha value is -3.93. The summed E-state index contributed by atoms with van der Waals surface area (Å²) < 4.78 is 1.85. The van der Waals surface area contributed by atoms with E-state index in [9.17, 15) is 10.1 Å². The molecule has 32 heavy (non-hydrogen) atoms. The molecule has 3 aromatic carbocycles. The van der Waals surface area contributed by atoms with E-state index in [-0.39, 0.29) is 16.5 Å². The van der Waals surface area contributed by atoms with Crippen molar-refractivity contribution in [3.63, 3.8) is 0 Å². The Balaban J connectivity index is 1.59. The first-order valence-electron chi connectivity index (χ1n) is 10.8. The molecule has 0 amide bonds. The Kier molecular flexibility index (Phi) is 5.19. The van der Waals surface area contributed by atoms with Crippen LogP contribution in [0.2, 0.25) is 0 Å². The van der Waals surface area contributed by atoms with Crippen molar-refractivity contribution in [2.75, 3.05) is 11.9 Å². The van der Waals surface area contributed by atoms with Gasteiger partial charge in [0, 0.05) is 36.6 Å². The fraction of sp³-hybridized carbons (Fsp3) is 0.192. The first-order valence-corrected chi connectivity index (χ1v) is 10.8. The van der Waals surface area contributed by atoms with Crippen LogP contribution < -0.4 is 5.32 Å². The maximum atomic E-state index is 11.4. The van der Waals surface area contributed by atoms with Crippen molar-refractivity contribution in [2.24, 2.45) is 0 Å². The summed E-state index contributed by atoms with van der Waals surface area (Å²) >= 11 is 0. The lowest BCUT2D eigenvalue weighted by Crippen LogP contribution is -2.09. The number of non-ortho nitro benzene ring substituents is 1. The van der Waals surface area contributed by atoms with Crippen molar-refractivity contribution in [1.29, 1.82) is 0 Å². The Morgan fingerprint density at radius 3 is 2.31 bits per heavy atom. The molecule has 0 radical (unpaired) electrons. The predicted octanol–water partition coefficient (Wildman–Crippen LogP) is 5.43. The van der Waals surface area contributed by atoms with Gasteiger partial charge in [0.15, 0.2) is 0 Å². The molecule has 4 aromatic rings. The molecule has 1 aliphatic rings. The number of nitrogens with zero attached hydrogens (tertiary/aromatic N) is 3. The van der Waals surface area contributed by atoms with Gasteiger partial charge in [-0.3, -0.25) is 10.1 Å². The summed E-state index contributed by atoms with van der Waals surface area (Å²) in [5.41, 5.74) is 6.50. The number of aromatic nitrogens is 2. The molecule has 6 nitrogen and oxygen atoms in total. The molecule has 160 valence electrons. The van der Waals surface area contributed by atoms with Crippen molar-refractivity contribution in [1.82, 2.24) is 9.78 Å². The molecule has 5 rings (SSSR count). The number of nitro benzene ring substituents is 1. The molecule has 1 N–H and O–H groups in total. The summed E-state index contributed by atoms with van der Waals surface area (Å²) in [7, 11) is 0. The summed E-state index contributed by atoms with van der Waals surface area (Å²) in [6.45, 7) is 2.80. The molecule has 1 aliphatic heterocycles. The molecular formula is C26H24N4O2. The number of nitro groups is 1. The highest BCUT2D eigenvalue weighted by Gasteiger charge is 2.27. The predicted molar refractivity (Wildman–Crippen MR) is 126 cm³/mol. The highest BCUT2D eigenvalue weighted by atomic mass is 16.6. The molecule has 0 atom stereocenters. The number of hydrogen-bond donors (Lipinski definition) is 1. The van der Waals surface area contributed by atoms with Crippen molar-refractivity contribution in [3.05, 3.63) is 117 Å². The lowest BCUT2D eigenvalue weighted by atomic mass is 9.86. The molecule has 0 unspecified atom stereocenters. The van der Waals surface area contributed by atoms with Gasteiger partial charge in [-0.1, -0.05) is 66.7 Å². The fourth-order valence-corrected chi connectivity index (χ4v) is 4.52. The van der Waals surface area contributed by atoms with Crippen LogP contribution in [0, 0.1) is 17.0 Å². The summed E-state index contributed by atoms with van der Waals surface area (Å²) in [5.74, 6) is 1.13. The molecule has 0 saturated heterocycles. The first kappa shape index (κ1) is 20.0. The van der Waals surface area contributed by atoms with E-state index < -0.39 is 0 Å². The largest absolute Gasteiger partial charge is 0.369 e. The number of benzene rings is 3. The van der Waals surface area contributed by atoms with Crippen molar-refractivity contribution in [3.8, 4) is 5.69 Å². The first-order chi connectivity index (χ1) is 15.6. The van der Waals surface area contributed by atoms with E-state index in [1.54, 1.807) is 12.1 Å². The van der Waals surface area contributed by atoms with Gasteiger partial charge in [-0.05, 0) is 30.0 Å². The third kappa shape index (κ3) is 3.64. The van der Waals surface area contributed by atoms with E-state index in [0.29, 0.717) is 0 Å². The van der Waals surface area contributed by atoms with Gasteiger partial charge in [0.05, 0.1) is 16.3 Å². The monoisotopic (exact) mass is 424 g/mol. The minimum Gasteiger partial charge on any atom is -0.369 e. The summed E-state index contributed by atoms with van der Waals surface area (Å²) in [4.78, 5) is 11.0. The van der Waals surface area contributed by atoms with E-state index >= 15 is 0 Å². The van der Waals surface area contributed by atoms with E-state index in [1.165, 1.54) is 22.8 Å². The number of hydrogen-bond acceptors (Lipinski definition) is 4. The fourth-order valence-electron chi connectivity index (χ4n) is 4.52. The molecule has 0 bridgehead atoms.